The van der Waals surface area contributed by atoms with E-state index in [9.17, 15) is 9.59 Å². The second kappa shape index (κ2) is 10.0. The Bertz CT molecular complexity index is 1330. The number of imidazole rings is 1. The summed E-state index contributed by atoms with van der Waals surface area (Å²) in [5, 5.41) is 2.95. The van der Waals surface area contributed by atoms with Gasteiger partial charge in [-0.15, -0.1) is 0 Å². The molecule has 2 amide bonds. The molecule has 35 heavy (non-hydrogen) atoms. The number of aromatic nitrogens is 2. The molecule has 0 aliphatic carbocycles. The molecule has 7 heteroatoms. The lowest BCUT2D eigenvalue weighted by molar-refractivity contribution is -0.121. The van der Waals surface area contributed by atoms with Crippen LogP contribution in [0.15, 0.2) is 66.7 Å². The summed E-state index contributed by atoms with van der Waals surface area (Å²) in [5.41, 5.74) is 5.83. The highest BCUT2D eigenvalue weighted by molar-refractivity contribution is 5.98. The number of carbonyl (C=O) groups is 2. The van der Waals surface area contributed by atoms with Gasteiger partial charge in [-0.2, -0.15) is 0 Å². The highest BCUT2D eigenvalue weighted by Crippen LogP contribution is 2.33. The topological polar surface area (TPSA) is 87.3 Å². The summed E-state index contributed by atoms with van der Waals surface area (Å²) in [6.45, 7) is 2.49. The molecule has 0 fully saturated rings. The Morgan fingerprint density at radius 2 is 1.91 bits per heavy atom. The molecule has 0 unspecified atom stereocenters. The molecule has 0 saturated heterocycles. The predicted octanol–water partition coefficient (Wildman–Crippen LogP) is 4.80. The number of carbonyl (C=O) groups excluding carboxylic acids is 2. The van der Waals surface area contributed by atoms with Crippen LogP contribution in [0.4, 0.5) is 11.4 Å². The second-order valence-electron chi connectivity index (χ2n) is 8.85. The van der Waals surface area contributed by atoms with Gasteiger partial charge in [-0.1, -0.05) is 30.3 Å². The molecule has 7 nitrogen and oxygen atoms in total. The molecule has 1 aliphatic heterocycles. The Morgan fingerprint density at radius 1 is 1.09 bits per heavy atom. The van der Waals surface area contributed by atoms with Gasteiger partial charge in [0.25, 0.3) is 5.91 Å². The molecule has 0 saturated carbocycles. The van der Waals surface area contributed by atoms with Crippen molar-refractivity contribution in [2.75, 3.05) is 23.4 Å². The number of ether oxygens (including phenoxy) is 1. The molecule has 1 aliphatic rings. The van der Waals surface area contributed by atoms with Crippen molar-refractivity contribution in [1.82, 2.24) is 9.97 Å². The van der Waals surface area contributed by atoms with Gasteiger partial charge in [0.2, 0.25) is 5.91 Å². The predicted molar refractivity (Wildman–Crippen MR) is 137 cm³/mol. The van der Waals surface area contributed by atoms with Gasteiger partial charge in [0.15, 0.2) is 6.61 Å². The van der Waals surface area contributed by atoms with Crippen LogP contribution >= 0.6 is 0 Å². The molecule has 0 spiro atoms. The van der Waals surface area contributed by atoms with Crippen LogP contribution in [0.25, 0.3) is 11.0 Å². The smallest absolute Gasteiger partial charge is 0.265 e. The summed E-state index contributed by atoms with van der Waals surface area (Å²) in [6, 6.07) is 21.7. The molecule has 0 bridgehead atoms. The lowest BCUT2D eigenvalue weighted by Gasteiger charge is -2.29. The molecule has 5 rings (SSSR count). The van der Waals surface area contributed by atoms with Crippen LogP contribution in [-0.2, 0) is 22.4 Å². The Labute approximate surface area is 204 Å². The van der Waals surface area contributed by atoms with E-state index in [1.54, 1.807) is 4.90 Å². The summed E-state index contributed by atoms with van der Waals surface area (Å²) in [7, 11) is 0. The Morgan fingerprint density at radius 3 is 2.74 bits per heavy atom. The van der Waals surface area contributed by atoms with Gasteiger partial charge in [0.05, 0.1) is 16.7 Å². The van der Waals surface area contributed by atoms with Gasteiger partial charge in [0, 0.05) is 25.1 Å². The number of hydrogen-bond donors (Lipinski definition) is 2. The van der Waals surface area contributed by atoms with E-state index >= 15 is 0 Å². The second-order valence-corrected chi connectivity index (χ2v) is 8.85. The van der Waals surface area contributed by atoms with Crippen LogP contribution in [0.1, 0.15) is 29.8 Å². The van der Waals surface area contributed by atoms with Crippen molar-refractivity contribution < 1.29 is 14.3 Å². The Hall–Kier alpha value is -4.13. The van der Waals surface area contributed by atoms with Crippen LogP contribution < -0.4 is 15.0 Å². The number of aromatic amines is 1. The number of nitrogens with one attached hydrogen (secondary N) is 2. The first kappa shape index (κ1) is 22.7. The largest absolute Gasteiger partial charge is 0.482 e. The van der Waals surface area contributed by atoms with Gasteiger partial charge in [0.1, 0.15) is 11.6 Å². The molecule has 0 radical (unpaired) electrons. The van der Waals surface area contributed by atoms with Gasteiger partial charge in [-0.25, -0.2) is 4.98 Å². The van der Waals surface area contributed by atoms with Gasteiger partial charge >= 0.3 is 0 Å². The van der Waals surface area contributed by atoms with Crippen molar-refractivity contribution >= 4 is 34.2 Å². The lowest BCUT2D eigenvalue weighted by Crippen LogP contribution is -2.39. The first-order valence-electron chi connectivity index (χ1n) is 11.9. The summed E-state index contributed by atoms with van der Waals surface area (Å²) in [5.74, 6) is 1.53. The number of anilines is 2. The molecule has 3 aromatic carbocycles. The molecule has 178 valence electrons. The summed E-state index contributed by atoms with van der Waals surface area (Å²) in [6.07, 6.45) is 2.59. The van der Waals surface area contributed by atoms with Crippen molar-refractivity contribution in [3.8, 4) is 5.75 Å². The van der Waals surface area contributed by atoms with Crippen LogP contribution in [-0.4, -0.2) is 34.9 Å². The lowest BCUT2D eigenvalue weighted by atomic mass is 10.1. The number of aryl methyl sites for hydroxylation is 3. The minimum Gasteiger partial charge on any atom is -0.482 e. The fourth-order valence-corrected chi connectivity index (χ4v) is 4.32. The first-order valence-corrected chi connectivity index (χ1v) is 11.9. The zero-order valence-electron chi connectivity index (χ0n) is 19.7. The standard InChI is InChI=1S/C28H28N4O3/c1-19-8-14-25-24(17-19)32(28(34)18-35-25)16-4-7-27(33)29-21-12-9-20(10-13-21)11-15-26-30-22-5-2-3-6-23(22)31-26/h2-3,5-6,8-10,12-14,17H,4,7,11,15-16,18H2,1H3,(H,29,33)(H,30,31). The Balaban J connectivity index is 1.10. The monoisotopic (exact) mass is 468 g/mol. The molecule has 0 atom stereocenters. The molecular formula is C28H28N4O3. The van der Waals surface area contributed by atoms with Crippen molar-refractivity contribution in [2.24, 2.45) is 0 Å². The average Bonchev–Trinajstić information content (AvgIpc) is 3.28. The summed E-state index contributed by atoms with van der Waals surface area (Å²) < 4.78 is 5.52. The van der Waals surface area contributed by atoms with Crippen LogP contribution in [0.3, 0.4) is 0 Å². The third-order valence-electron chi connectivity index (χ3n) is 6.17. The van der Waals surface area contributed by atoms with E-state index in [-0.39, 0.29) is 18.4 Å². The molecule has 1 aromatic heterocycles. The number of hydrogen-bond acceptors (Lipinski definition) is 4. The van der Waals surface area contributed by atoms with Crippen molar-refractivity contribution in [3.63, 3.8) is 0 Å². The molecule has 2 heterocycles. The number of para-hydroxylation sites is 2. The van der Waals surface area contributed by atoms with E-state index in [2.05, 4.69) is 15.3 Å². The fourth-order valence-electron chi connectivity index (χ4n) is 4.32. The number of H-pyrrole nitrogens is 1. The van der Waals surface area contributed by atoms with Crippen LogP contribution in [0, 0.1) is 6.92 Å². The van der Waals surface area contributed by atoms with E-state index < -0.39 is 0 Å². The average molecular weight is 469 g/mol. The zero-order valence-corrected chi connectivity index (χ0v) is 19.7. The van der Waals surface area contributed by atoms with E-state index in [1.807, 2.05) is 73.7 Å². The van der Waals surface area contributed by atoms with Gasteiger partial charge < -0.3 is 19.9 Å². The minimum atomic E-state index is -0.0817. The normalized spacial score (nSPS) is 12.9. The fraction of sp³-hybridized carbons (Fsp3) is 0.250. The molecule has 2 N–H and O–H groups in total. The highest BCUT2D eigenvalue weighted by atomic mass is 16.5. The maximum absolute atomic E-state index is 12.5. The molecular weight excluding hydrogens is 440 g/mol. The van der Waals surface area contributed by atoms with Gasteiger partial charge in [-0.05, 0) is 67.3 Å². The maximum atomic E-state index is 12.5. The van der Waals surface area contributed by atoms with Crippen LogP contribution in [0.2, 0.25) is 0 Å². The number of benzene rings is 3. The third kappa shape index (κ3) is 5.35. The van der Waals surface area contributed by atoms with E-state index in [4.69, 9.17) is 4.74 Å². The van der Waals surface area contributed by atoms with E-state index in [0.717, 1.165) is 46.6 Å². The summed E-state index contributed by atoms with van der Waals surface area (Å²) in [4.78, 5) is 34.5. The SMILES string of the molecule is Cc1ccc2c(c1)N(CCCC(=O)Nc1ccc(CCc3nc4ccccc4[nH]3)cc1)C(=O)CO2. The molecule has 4 aromatic rings. The number of fused-ring (bicyclic) bond motifs is 2. The third-order valence-corrected chi connectivity index (χ3v) is 6.17. The minimum absolute atomic E-state index is 0.0327. The van der Waals surface area contributed by atoms with Crippen molar-refractivity contribution in [2.45, 2.75) is 32.6 Å². The van der Waals surface area contributed by atoms with E-state index in [1.165, 1.54) is 5.56 Å². The Kier molecular flexibility index (Phi) is 6.48. The van der Waals surface area contributed by atoms with Crippen LogP contribution in [0.5, 0.6) is 5.75 Å². The van der Waals surface area contributed by atoms with Crippen molar-refractivity contribution in [3.05, 3.63) is 83.7 Å². The maximum Gasteiger partial charge on any atom is 0.265 e. The van der Waals surface area contributed by atoms with E-state index in [0.29, 0.717) is 25.1 Å². The van der Waals surface area contributed by atoms with Crippen molar-refractivity contribution in [1.29, 1.82) is 0 Å². The number of rotatable bonds is 8. The number of nitrogens with zero attached hydrogens (tertiary/aromatic N) is 2. The summed E-state index contributed by atoms with van der Waals surface area (Å²) >= 11 is 0. The first-order chi connectivity index (χ1) is 17.0. The zero-order chi connectivity index (χ0) is 24.2. The quantitative estimate of drug-likeness (QED) is 0.389. The highest BCUT2D eigenvalue weighted by Gasteiger charge is 2.25. The number of amides is 2. The van der Waals surface area contributed by atoms with Gasteiger partial charge in [-0.3, -0.25) is 9.59 Å².